The topological polar surface area (TPSA) is 115 Å². The molecule has 12 heteroatoms. The lowest BCUT2D eigenvalue weighted by molar-refractivity contribution is -0.120. The van der Waals surface area contributed by atoms with Crippen LogP contribution in [-0.4, -0.2) is 67.5 Å². The number of benzene rings is 2. The highest BCUT2D eigenvalue weighted by atomic mass is 35.5. The monoisotopic (exact) mass is 531 g/mol. The minimum atomic E-state index is -3.70. The molecule has 190 valence electrons. The summed E-state index contributed by atoms with van der Waals surface area (Å²) in [7, 11) is -3.70. The number of hydrogen-bond acceptors (Lipinski definition) is 7. The quantitative estimate of drug-likeness (QED) is 0.353. The first-order chi connectivity index (χ1) is 17.3. The van der Waals surface area contributed by atoms with Gasteiger partial charge in [-0.25, -0.2) is 13.1 Å². The van der Waals surface area contributed by atoms with Gasteiger partial charge in [0.25, 0.3) is 5.91 Å². The van der Waals surface area contributed by atoms with Crippen molar-refractivity contribution < 1.29 is 22.8 Å². The van der Waals surface area contributed by atoms with E-state index in [1.807, 2.05) is 30.3 Å². The highest BCUT2D eigenvalue weighted by molar-refractivity contribution is 7.89. The van der Waals surface area contributed by atoms with Crippen LogP contribution >= 0.6 is 11.6 Å². The number of nitrogens with zero attached hydrogens (tertiary/aromatic N) is 4. The van der Waals surface area contributed by atoms with Gasteiger partial charge in [-0.3, -0.25) is 4.79 Å². The molecule has 2 aromatic carbocycles. The highest BCUT2D eigenvalue weighted by Gasteiger charge is 2.28. The van der Waals surface area contributed by atoms with Crippen LogP contribution in [-0.2, 0) is 24.4 Å². The van der Waals surface area contributed by atoms with Crippen molar-refractivity contribution in [1.82, 2.24) is 14.1 Å². The van der Waals surface area contributed by atoms with E-state index in [-0.39, 0.29) is 24.6 Å². The predicted octanol–water partition coefficient (Wildman–Crippen LogP) is 3.15. The molecule has 0 spiro atoms. The number of halogens is 1. The summed E-state index contributed by atoms with van der Waals surface area (Å²) in [6, 6.07) is 14.1. The Morgan fingerprint density at radius 1 is 1.19 bits per heavy atom. The Kier molecular flexibility index (Phi) is 8.04. The van der Waals surface area contributed by atoms with Gasteiger partial charge in [0.05, 0.1) is 41.3 Å². The number of anilines is 1. The number of hydrogen-bond donors (Lipinski definition) is 1. The number of amides is 1. The van der Waals surface area contributed by atoms with Crippen LogP contribution in [0.3, 0.4) is 0 Å². The van der Waals surface area contributed by atoms with E-state index in [9.17, 15) is 13.2 Å². The second-order valence-corrected chi connectivity index (χ2v) is 10.4. The van der Waals surface area contributed by atoms with Gasteiger partial charge in [-0.05, 0) is 43.7 Å². The molecule has 2 heterocycles. The molecule has 0 atom stereocenters. The fourth-order valence-corrected chi connectivity index (χ4v) is 5.64. The van der Waals surface area contributed by atoms with Crippen LogP contribution in [0.5, 0.6) is 0 Å². The largest absolute Gasteiger partial charge is 0.386 e. The Morgan fingerprint density at radius 3 is 2.64 bits per heavy atom. The van der Waals surface area contributed by atoms with Crippen molar-refractivity contribution >= 4 is 39.4 Å². The zero-order valence-electron chi connectivity index (χ0n) is 19.8. The second-order valence-electron chi connectivity index (χ2n) is 8.09. The Balaban J connectivity index is 1.38. The summed E-state index contributed by atoms with van der Waals surface area (Å²) in [4.78, 5) is 17.6. The van der Waals surface area contributed by atoms with Crippen LogP contribution in [0.1, 0.15) is 16.8 Å². The molecule has 36 heavy (non-hydrogen) atoms. The van der Waals surface area contributed by atoms with Crippen molar-refractivity contribution in [3.8, 4) is 5.69 Å². The number of oxime groups is 1. The molecule has 1 aliphatic rings. The second kappa shape index (κ2) is 11.2. The minimum absolute atomic E-state index is 0.140. The minimum Gasteiger partial charge on any atom is -0.386 e. The van der Waals surface area contributed by atoms with Gasteiger partial charge in [-0.1, -0.05) is 41.0 Å². The molecule has 10 nitrogen and oxygen atoms in total. The Morgan fingerprint density at radius 2 is 1.92 bits per heavy atom. The molecule has 1 N–H and O–H groups in total. The first kappa shape index (κ1) is 25.8. The Hall–Kier alpha value is -3.25. The number of sulfonamides is 1. The maximum Gasteiger partial charge on any atom is 0.265 e. The zero-order chi connectivity index (χ0) is 25.7. The molecule has 0 unspecified atom stereocenters. The molecule has 1 aliphatic heterocycles. The van der Waals surface area contributed by atoms with E-state index in [0.717, 1.165) is 5.69 Å². The molecular weight excluding hydrogens is 506 g/mol. The molecule has 4 rings (SSSR count). The maximum atomic E-state index is 13.0. The molecule has 0 radical (unpaired) electrons. The van der Waals surface area contributed by atoms with Crippen molar-refractivity contribution in [3.05, 3.63) is 70.5 Å². The predicted molar refractivity (Wildman–Crippen MR) is 136 cm³/mol. The molecule has 0 saturated carbocycles. The standard InChI is InChI=1S/C24H26ClN5O5S/c1-17-8-9-19(14-22(17)36(32,33)29-10-12-34-13-11-29)27-23(31)16-35-26-15-21-18(2)28-30(24(21)25)20-6-4-3-5-7-20/h3-9,14-15H,10-13,16H2,1-2H3,(H,27,31)/b26-15-. The van der Waals surface area contributed by atoms with E-state index in [4.69, 9.17) is 21.2 Å². The van der Waals surface area contributed by atoms with Crippen molar-refractivity contribution in [2.45, 2.75) is 18.7 Å². The summed E-state index contributed by atoms with van der Waals surface area (Å²) in [5, 5.41) is 11.3. The van der Waals surface area contributed by atoms with E-state index in [2.05, 4.69) is 15.6 Å². The van der Waals surface area contributed by atoms with Gasteiger partial charge in [0.1, 0.15) is 5.15 Å². The summed E-state index contributed by atoms with van der Waals surface area (Å²) in [5.41, 5.74) is 2.95. The third kappa shape index (κ3) is 5.76. The summed E-state index contributed by atoms with van der Waals surface area (Å²) < 4.78 is 34.3. The van der Waals surface area contributed by atoms with Gasteiger partial charge in [0.2, 0.25) is 10.0 Å². The van der Waals surface area contributed by atoms with E-state index in [1.54, 1.807) is 30.7 Å². The van der Waals surface area contributed by atoms with Crippen molar-refractivity contribution in [1.29, 1.82) is 0 Å². The lowest BCUT2D eigenvalue weighted by Crippen LogP contribution is -2.40. The fourth-order valence-electron chi connectivity index (χ4n) is 3.66. The summed E-state index contributed by atoms with van der Waals surface area (Å²) in [6.07, 6.45) is 1.40. The molecular formula is C24H26ClN5O5S. The number of carbonyl (C=O) groups excluding carboxylic acids is 1. The van der Waals surface area contributed by atoms with Crippen LogP contribution in [0, 0.1) is 13.8 Å². The molecule has 3 aromatic rings. The summed E-state index contributed by atoms with van der Waals surface area (Å²) >= 11 is 6.45. The number of para-hydroxylation sites is 1. The highest BCUT2D eigenvalue weighted by Crippen LogP contribution is 2.25. The van der Waals surface area contributed by atoms with Crippen molar-refractivity contribution in [2.75, 3.05) is 38.2 Å². The van der Waals surface area contributed by atoms with Gasteiger partial charge in [-0.15, -0.1) is 0 Å². The number of morpholine rings is 1. The zero-order valence-corrected chi connectivity index (χ0v) is 21.4. The van der Waals surface area contributed by atoms with Gasteiger partial charge >= 0.3 is 0 Å². The molecule has 1 amide bonds. The first-order valence-electron chi connectivity index (χ1n) is 11.2. The smallest absolute Gasteiger partial charge is 0.265 e. The van der Waals surface area contributed by atoms with Crippen LogP contribution in [0.25, 0.3) is 5.69 Å². The molecule has 1 fully saturated rings. The van der Waals surface area contributed by atoms with Crippen LogP contribution in [0.15, 0.2) is 58.6 Å². The Bertz CT molecular complexity index is 1370. The van der Waals surface area contributed by atoms with E-state index in [0.29, 0.717) is 40.9 Å². The normalized spacial score (nSPS) is 14.8. The lowest BCUT2D eigenvalue weighted by atomic mass is 10.2. The number of ether oxygens (including phenoxy) is 1. The fraction of sp³-hybridized carbons (Fsp3) is 0.292. The number of aromatic nitrogens is 2. The van der Waals surface area contributed by atoms with Crippen molar-refractivity contribution in [2.24, 2.45) is 5.16 Å². The van der Waals surface area contributed by atoms with E-state index < -0.39 is 15.9 Å². The van der Waals surface area contributed by atoms with Gasteiger partial charge in [-0.2, -0.15) is 9.40 Å². The van der Waals surface area contributed by atoms with Crippen LogP contribution in [0.4, 0.5) is 5.69 Å². The molecule has 1 saturated heterocycles. The average Bonchev–Trinajstić information content (AvgIpc) is 3.17. The van der Waals surface area contributed by atoms with E-state index in [1.165, 1.54) is 16.6 Å². The maximum absolute atomic E-state index is 13.0. The third-order valence-corrected chi connectivity index (χ3v) is 7.96. The summed E-state index contributed by atoms with van der Waals surface area (Å²) in [5.74, 6) is -0.492. The molecule has 1 aromatic heterocycles. The van der Waals surface area contributed by atoms with E-state index >= 15 is 0 Å². The Labute approximate surface area is 214 Å². The van der Waals surface area contributed by atoms with Crippen LogP contribution in [0.2, 0.25) is 5.15 Å². The number of nitrogens with one attached hydrogen (secondary N) is 1. The number of aryl methyl sites for hydroxylation is 2. The van der Waals surface area contributed by atoms with Crippen molar-refractivity contribution in [3.63, 3.8) is 0 Å². The van der Waals surface area contributed by atoms with Gasteiger partial charge in [0.15, 0.2) is 6.61 Å². The first-order valence-corrected chi connectivity index (χ1v) is 13.0. The number of carbonyl (C=O) groups is 1. The SMILES string of the molecule is Cc1ccc(NC(=O)CO/N=C\c2c(C)nn(-c3ccccc3)c2Cl)cc1S(=O)(=O)N1CCOCC1. The third-order valence-electron chi connectivity index (χ3n) is 5.56. The average molecular weight is 532 g/mol. The molecule has 0 bridgehead atoms. The van der Waals surface area contributed by atoms with Gasteiger partial charge in [0, 0.05) is 18.8 Å². The molecule has 0 aliphatic carbocycles. The lowest BCUT2D eigenvalue weighted by Gasteiger charge is -2.26. The van der Waals surface area contributed by atoms with Gasteiger partial charge < -0.3 is 14.9 Å². The number of rotatable bonds is 8. The summed E-state index contributed by atoms with van der Waals surface area (Å²) in [6.45, 7) is 4.41. The van der Waals surface area contributed by atoms with Crippen LogP contribution < -0.4 is 5.32 Å².